The van der Waals surface area contributed by atoms with Crippen LogP contribution in [0.1, 0.15) is 36.9 Å². The highest BCUT2D eigenvalue weighted by molar-refractivity contribution is 6.46. The Kier molecular flexibility index (Phi) is 8.14. The first-order valence-electron chi connectivity index (χ1n) is 13.3. The van der Waals surface area contributed by atoms with Gasteiger partial charge in [-0.1, -0.05) is 19.1 Å². The van der Waals surface area contributed by atoms with Crippen LogP contribution in [0, 0.1) is 0 Å². The molecule has 5 rings (SSSR count). The number of aliphatic hydroxyl groups excluding tert-OH is 1. The second-order valence-corrected chi connectivity index (χ2v) is 9.58. The van der Waals surface area contributed by atoms with Crippen molar-refractivity contribution in [2.75, 3.05) is 59.2 Å². The summed E-state index contributed by atoms with van der Waals surface area (Å²) in [6.45, 7) is 7.70. The van der Waals surface area contributed by atoms with Crippen LogP contribution in [0.25, 0.3) is 5.76 Å². The minimum atomic E-state index is -0.738. The van der Waals surface area contributed by atoms with Crippen LogP contribution in [0.15, 0.2) is 48.0 Å². The van der Waals surface area contributed by atoms with Gasteiger partial charge in [0, 0.05) is 31.7 Å². The molecule has 2 saturated heterocycles. The summed E-state index contributed by atoms with van der Waals surface area (Å²) in [4.78, 5) is 30.6. The highest BCUT2D eigenvalue weighted by Crippen LogP contribution is 2.41. The second-order valence-electron chi connectivity index (χ2n) is 9.58. The van der Waals surface area contributed by atoms with Crippen LogP contribution in [0.2, 0.25) is 0 Å². The van der Waals surface area contributed by atoms with Crippen molar-refractivity contribution in [2.45, 2.75) is 25.8 Å². The van der Waals surface area contributed by atoms with Gasteiger partial charge in [0.15, 0.2) is 11.5 Å². The molecule has 2 aromatic rings. The smallest absolute Gasteiger partial charge is 0.295 e. The van der Waals surface area contributed by atoms with Crippen LogP contribution in [0.5, 0.6) is 17.2 Å². The number of fused-ring (bicyclic) bond motifs is 1. The Labute approximate surface area is 222 Å². The van der Waals surface area contributed by atoms with E-state index in [9.17, 15) is 14.7 Å². The van der Waals surface area contributed by atoms with Crippen molar-refractivity contribution in [1.29, 1.82) is 0 Å². The monoisotopic (exact) mass is 522 g/mol. The summed E-state index contributed by atoms with van der Waals surface area (Å²) >= 11 is 0. The zero-order valence-electron chi connectivity index (χ0n) is 21.7. The molecular weight excluding hydrogens is 488 g/mol. The van der Waals surface area contributed by atoms with E-state index in [1.165, 1.54) is 0 Å². The quantitative estimate of drug-likeness (QED) is 0.304. The van der Waals surface area contributed by atoms with Gasteiger partial charge in [-0.3, -0.25) is 14.5 Å². The summed E-state index contributed by atoms with van der Waals surface area (Å²) in [5.41, 5.74) is 1.16. The molecule has 0 unspecified atom stereocenters. The maximum atomic E-state index is 13.4. The fourth-order valence-corrected chi connectivity index (χ4v) is 5.09. The Morgan fingerprint density at radius 1 is 1.00 bits per heavy atom. The summed E-state index contributed by atoms with van der Waals surface area (Å²) in [5.74, 6) is 0.174. The molecule has 0 aliphatic carbocycles. The van der Waals surface area contributed by atoms with Gasteiger partial charge in [-0.05, 0) is 48.7 Å². The number of hydrogen-bond donors (Lipinski definition) is 1. The molecule has 3 aliphatic rings. The molecule has 0 saturated carbocycles. The van der Waals surface area contributed by atoms with Crippen LogP contribution >= 0.6 is 0 Å². The van der Waals surface area contributed by atoms with Crippen LogP contribution in [0.4, 0.5) is 0 Å². The number of benzene rings is 2. The standard InChI is InChI=1S/C29H34N2O7/c1-2-13-36-22-6-3-5-20(18-22)26-25(27(32)21-7-8-23-24(19-21)38-17-16-37-23)28(33)29(34)31(26)10-4-9-30-11-14-35-15-12-30/h3,5-8,18-19,26,32H,2,4,9-17H2,1H3/t26-/m0/s1. The molecule has 0 radical (unpaired) electrons. The average molecular weight is 523 g/mol. The number of amides is 1. The molecule has 2 aromatic carbocycles. The lowest BCUT2D eigenvalue weighted by Crippen LogP contribution is -2.38. The highest BCUT2D eigenvalue weighted by atomic mass is 16.6. The van der Waals surface area contributed by atoms with Gasteiger partial charge in [-0.25, -0.2) is 0 Å². The molecule has 9 nitrogen and oxygen atoms in total. The largest absolute Gasteiger partial charge is 0.507 e. The van der Waals surface area contributed by atoms with Gasteiger partial charge in [0.1, 0.15) is 24.7 Å². The third-order valence-electron chi connectivity index (χ3n) is 6.98. The van der Waals surface area contributed by atoms with E-state index in [4.69, 9.17) is 18.9 Å². The SMILES string of the molecule is CCCOc1cccc([C@H]2C(=C(O)c3ccc4c(c3)OCCO4)C(=O)C(=O)N2CCCN2CCOCC2)c1. The van der Waals surface area contributed by atoms with Crippen LogP contribution in [-0.4, -0.2) is 85.8 Å². The third kappa shape index (κ3) is 5.49. The zero-order chi connectivity index (χ0) is 26.5. The zero-order valence-corrected chi connectivity index (χ0v) is 21.7. The Morgan fingerprint density at radius 3 is 2.58 bits per heavy atom. The Balaban J connectivity index is 1.49. The molecule has 2 fully saturated rings. The van der Waals surface area contributed by atoms with Crippen molar-refractivity contribution in [3.63, 3.8) is 0 Å². The van der Waals surface area contributed by atoms with E-state index in [2.05, 4.69) is 4.90 Å². The summed E-state index contributed by atoms with van der Waals surface area (Å²) in [7, 11) is 0. The van der Waals surface area contributed by atoms with Gasteiger partial charge < -0.3 is 29.0 Å². The molecule has 3 heterocycles. The molecule has 0 bridgehead atoms. The molecule has 1 N–H and O–H groups in total. The van der Waals surface area contributed by atoms with Gasteiger partial charge in [0.05, 0.1) is 31.4 Å². The van der Waals surface area contributed by atoms with E-state index in [1.54, 1.807) is 23.1 Å². The number of ketones is 1. The molecule has 0 aromatic heterocycles. The molecule has 3 aliphatic heterocycles. The van der Waals surface area contributed by atoms with Crippen molar-refractivity contribution in [3.05, 3.63) is 59.2 Å². The number of rotatable bonds is 9. The lowest BCUT2D eigenvalue weighted by molar-refractivity contribution is -0.140. The fourth-order valence-electron chi connectivity index (χ4n) is 5.09. The Hall–Kier alpha value is -3.56. The fraction of sp³-hybridized carbons (Fsp3) is 0.448. The summed E-state index contributed by atoms with van der Waals surface area (Å²) in [6, 6.07) is 11.7. The van der Waals surface area contributed by atoms with Crippen LogP contribution in [-0.2, 0) is 14.3 Å². The number of Topliss-reactive ketones (excluding diaryl/α,β-unsaturated/α-hetero) is 1. The third-order valence-corrected chi connectivity index (χ3v) is 6.98. The predicted octanol–water partition coefficient (Wildman–Crippen LogP) is 3.39. The first-order valence-corrected chi connectivity index (χ1v) is 13.3. The second kappa shape index (κ2) is 11.9. The molecule has 0 spiro atoms. The van der Waals surface area contributed by atoms with Crippen LogP contribution < -0.4 is 14.2 Å². The van der Waals surface area contributed by atoms with Crippen molar-refractivity contribution in [2.24, 2.45) is 0 Å². The van der Waals surface area contributed by atoms with Gasteiger partial charge >= 0.3 is 0 Å². The molecule has 202 valence electrons. The van der Waals surface area contributed by atoms with Gasteiger partial charge in [-0.15, -0.1) is 0 Å². The Morgan fingerprint density at radius 2 is 1.79 bits per heavy atom. The predicted molar refractivity (Wildman–Crippen MR) is 141 cm³/mol. The minimum absolute atomic E-state index is 0.0608. The van der Waals surface area contributed by atoms with Gasteiger partial charge in [-0.2, -0.15) is 0 Å². The van der Waals surface area contributed by atoms with E-state index in [0.29, 0.717) is 74.4 Å². The van der Waals surface area contributed by atoms with E-state index >= 15 is 0 Å². The van der Waals surface area contributed by atoms with Crippen molar-refractivity contribution < 1.29 is 33.6 Å². The molecule has 38 heavy (non-hydrogen) atoms. The maximum absolute atomic E-state index is 13.4. The number of hydrogen-bond acceptors (Lipinski definition) is 8. The first-order chi connectivity index (χ1) is 18.6. The topological polar surface area (TPSA) is 97.8 Å². The number of likely N-dealkylation sites (tertiary alicyclic amines) is 1. The highest BCUT2D eigenvalue weighted by Gasteiger charge is 2.46. The van der Waals surface area contributed by atoms with E-state index in [0.717, 1.165) is 26.1 Å². The summed E-state index contributed by atoms with van der Waals surface area (Å²) < 4.78 is 22.5. The van der Waals surface area contributed by atoms with Gasteiger partial charge in [0.25, 0.3) is 11.7 Å². The maximum Gasteiger partial charge on any atom is 0.295 e. The lowest BCUT2D eigenvalue weighted by atomic mass is 9.95. The molecular formula is C29H34N2O7. The summed E-state index contributed by atoms with van der Waals surface area (Å²) in [6.07, 6.45) is 1.55. The van der Waals surface area contributed by atoms with Crippen molar-refractivity contribution in [3.8, 4) is 17.2 Å². The van der Waals surface area contributed by atoms with Crippen molar-refractivity contribution >= 4 is 17.4 Å². The number of carbonyl (C=O) groups excluding carboxylic acids is 2. The summed E-state index contributed by atoms with van der Waals surface area (Å²) in [5, 5.41) is 11.4. The Bertz CT molecular complexity index is 1210. The van der Waals surface area contributed by atoms with E-state index in [1.807, 2.05) is 31.2 Å². The van der Waals surface area contributed by atoms with E-state index < -0.39 is 17.7 Å². The lowest BCUT2D eigenvalue weighted by Gasteiger charge is -2.29. The number of ether oxygens (including phenoxy) is 4. The normalized spacial score (nSPS) is 21.1. The van der Waals surface area contributed by atoms with Crippen molar-refractivity contribution in [1.82, 2.24) is 9.80 Å². The average Bonchev–Trinajstić information content (AvgIpc) is 3.21. The number of morpholine rings is 1. The van der Waals surface area contributed by atoms with Crippen LogP contribution in [0.3, 0.4) is 0 Å². The first kappa shape index (κ1) is 26.1. The number of nitrogens with zero attached hydrogens (tertiary/aromatic N) is 2. The molecule has 9 heteroatoms. The van der Waals surface area contributed by atoms with E-state index in [-0.39, 0.29) is 11.3 Å². The molecule has 1 amide bonds. The minimum Gasteiger partial charge on any atom is -0.507 e. The molecule has 1 atom stereocenters. The van der Waals surface area contributed by atoms with Gasteiger partial charge in [0.2, 0.25) is 0 Å². The number of carbonyl (C=O) groups is 2. The number of aliphatic hydroxyl groups is 1.